The summed E-state index contributed by atoms with van der Waals surface area (Å²) in [4.78, 5) is 16.4. The molecule has 6 nitrogen and oxygen atoms in total. The third-order valence-electron chi connectivity index (χ3n) is 3.67. The van der Waals surface area contributed by atoms with Crippen LogP contribution in [-0.2, 0) is 16.1 Å². The van der Waals surface area contributed by atoms with Crippen molar-refractivity contribution >= 4 is 20.2 Å². The van der Waals surface area contributed by atoms with Crippen LogP contribution in [0.1, 0.15) is 13.8 Å². The van der Waals surface area contributed by atoms with Gasteiger partial charge in [-0.25, -0.2) is 0 Å². The van der Waals surface area contributed by atoms with E-state index in [1.807, 2.05) is 18.7 Å². The van der Waals surface area contributed by atoms with Gasteiger partial charge in [0, 0.05) is 0 Å². The number of hydrogen-bond donors (Lipinski definition) is 0. The summed E-state index contributed by atoms with van der Waals surface area (Å²) in [5.74, 6) is 0.100. The third kappa shape index (κ3) is 3.92. The Morgan fingerprint density at radius 2 is 1.53 bits per heavy atom. The number of amides is 1. The Balaban J connectivity index is 2.03. The van der Waals surface area contributed by atoms with Crippen molar-refractivity contribution in [3.05, 3.63) is 0 Å². The Morgan fingerprint density at radius 3 is 1.95 bits per heavy atom. The van der Waals surface area contributed by atoms with Crippen molar-refractivity contribution in [2.45, 2.75) is 19.1 Å². The standard InChI is InChI=1S/C12H24GeN2O4/c1-3-15(4-2)12(16)11-13-17-8-5-14(6-9-18-13)7-10-19-13/h3-11H2,1-2H3. The number of nitrogens with zero attached hydrogens (tertiary/aromatic N) is 2. The molecule has 0 aromatic rings. The van der Waals surface area contributed by atoms with Gasteiger partial charge in [0.25, 0.3) is 0 Å². The second kappa shape index (κ2) is 7.03. The van der Waals surface area contributed by atoms with E-state index in [0.717, 1.165) is 32.7 Å². The van der Waals surface area contributed by atoms with Crippen LogP contribution >= 0.6 is 0 Å². The molecule has 0 N–H and O–H groups in total. The molecule has 110 valence electrons. The van der Waals surface area contributed by atoms with E-state index in [4.69, 9.17) is 11.3 Å². The molecule has 0 aromatic heterocycles. The first-order chi connectivity index (χ1) is 9.19. The van der Waals surface area contributed by atoms with Crippen molar-refractivity contribution in [3.63, 3.8) is 0 Å². The van der Waals surface area contributed by atoms with E-state index < -0.39 is 14.3 Å². The van der Waals surface area contributed by atoms with Gasteiger partial charge in [-0.15, -0.1) is 0 Å². The summed E-state index contributed by atoms with van der Waals surface area (Å²) in [6, 6.07) is 0. The molecule has 0 radical (unpaired) electrons. The van der Waals surface area contributed by atoms with Crippen molar-refractivity contribution in [1.82, 2.24) is 9.80 Å². The van der Waals surface area contributed by atoms with Gasteiger partial charge >= 0.3 is 118 Å². The zero-order valence-corrected chi connectivity index (χ0v) is 14.0. The zero-order chi connectivity index (χ0) is 13.7. The van der Waals surface area contributed by atoms with Crippen LogP contribution in [0.2, 0.25) is 5.25 Å². The van der Waals surface area contributed by atoms with E-state index in [1.54, 1.807) is 0 Å². The first-order valence-corrected chi connectivity index (χ1v) is 11.2. The van der Waals surface area contributed by atoms with Crippen LogP contribution in [0.15, 0.2) is 0 Å². The molecule has 0 aliphatic carbocycles. The molecule has 3 aliphatic rings. The fourth-order valence-electron chi connectivity index (χ4n) is 2.48. The summed E-state index contributed by atoms with van der Waals surface area (Å²) >= 11 is -3.37. The maximum atomic E-state index is 12.3. The summed E-state index contributed by atoms with van der Waals surface area (Å²) in [5, 5.41) is 0.321. The average molecular weight is 333 g/mol. The summed E-state index contributed by atoms with van der Waals surface area (Å²) in [6.45, 7) is 10.0. The number of fused-ring (bicyclic) bond motifs is 6. The van der Waals surface area contributed by atoms with E-state index >= 15 is 0 Å². The van der Waals surface area contributed by atoms with Crippen LogP contribution in [0.25, 0.3) is 0 Å². The predicted octanol–water partition coefficient (Wildman–Crippen LogP) is 0.173. The fraction of sp³-hybridized carbons (Fsp3) is 0.917. The minimum atomic E-state index is -3.37. The van der Waals surface area contributed by atoms with Crippen molar-refractivity contribution in [2.24, 2.45) is 0 Å². The van der Waals surface area contributed by atoms with Crippen LogP contribution in [-0.4, -0.2) is 82.5 Å². The molecule has 3 rings (SSSR count). The summed E-state index contributed by atoms with van der Waals surface area (Å²) < 4.78 is 17.7. The third-order valence-corrected chi connectivity index (χ3v) is 9.27. The molecule has 19 heavy (non-hydrogen) atoms. The van der Waals surface area contributed by atoms with Crippen molar-refractivity contribution in [1.29, 1.82) is 0 Å². The topological polar surface area (TPSA) is 51.2 Å². The van der Waals surface area contributed by atoms with E-state index in [2.05, 4.69) is 4.90 Å². The minimum absolute atomic E-state index is 0.100. The Hall–Kier alpha value is -0.147. The van der Waals surface area contributed by atoms with Gasteiger partial charge in [-0.2, -0.15) is 0 Å². The number of carbonyl (C=O) groups excluding carboxylic acids is 1. The molecule has 0 saturated carbocycles. The summed E-state index contributed by atoms with van der Waals surface area (Å²) in [5.41, 5.74) is 0. The van der Waals surface area contributed by atoms with Gasteiger partial charge in [-0.3, -0.25) is 0 Å². The van der Waals surface area contributed by atoms with Crippen molar-refractivity contribution < 1.29 is 16.1 Å². The van der Waals surface area contributed by atoms with Crippen molar-refractivity contribution in [2.75, 3.05) is 52.5 Å². The van der Waals surface area contributed by atoms with Gasteiger partial charge in [0.1, 0.15) is 0 Å². The quantitative estimate of drug-likeness (QED) is 0.687. The molecule has 0 spiro atoms. The Kier molecular flexibility index (Phi) is 5.64. The maximum absolute atomic E-state index is 12.3. The van der Waals surface area contributed by atoms with Crippen LogP contribution in [0.4, 0.5) is 0 Å². The molecule has 3 aliphatic heterocycles. The molecule has 0 atom stereocenters. The molecule has 2 bridgehead atoms. The number of hydrogen-bond acceptors (Lipinski definition) is 5. The first-order valence-electron chi connectivity index (χ1n) is 7.11. The summed E-state index contributed by atoms with van der Waals surface area (Å²) in [6.07, 6.45) is 0. The number of rotatable bonds is 4. The van der Waals surface area contributed by atoms with Gasteiger partial charge in [-0.1, -0.05) is 0 Å². The van der Waals surface area contributed by atoms with E-state index in [-0.39, 0.29) is 5.91 Å². The van der Waals surface area contributed by atoms with Gasteiger partial charge in [-0.05, 0) is 0 Å². The van der Waals surface area contributed by atoms with Crippen LogP contribution in [0.5, 0.6) is 0 Å². The van der Waals surface area contributed by atoms with Gasteiger partial charge in [0.2, 0.25) is 0 Å². The van der Waals surface area contributed by atoms with E-state index in [9.17, 15) is 4.79 Å². The van der Waals surface area contributed by atoms with Crippen LogP contribution < -0.4 is 0 Å². The summed E-state index contributed by atoms with van der Waals surface area (Å²) in [7, 11) is 0. The van der Waals surface area contributed by atoms with Gasteiger partial charge in [0.05, 0.1) is 0 Å². The first kappa shape index (κ1) is 15.2. The molecule has 3 fully saturated rings. The van der Waals surface area contributed by atoms with Crippen LogP contribution in [0.3, 0.4) is 0 Å². The number of carbonyl (C=O) groups is 1. The van der Waals surface area contributed by atoms with Crippen LogP contribution in [0, 0.1) is 0 Å². The fourth-order valence-corrected chi connectivity index (χ4v) is 7.42. The molecule has 1 amide bonds. The van der Waals surface area contributed by atoms with Gasteiger partial charge < -0.3 is 0 Å². The molecular weight excluding hydrogens is 309 g/mol. The predicted molar refractivity (Wildman–Crippen MR) is 72.8 cm³/mol. The normalized spacial score (nSPS) is 31.4. The molecule has 0 unspecified atom stereocenters. The Bertz CT molecular complexity index is 286. The molecular formula is C12H24GeN2O4. The Labute approximate surface area is 118 Å². The zero-order valence-electron chi connectivity index (χ0n) is 11.9. The molecule has 0 aromatic carbocycles. The second-order valence-corrected chi connectivity index (χ2v) is 10.2. The monoisotopic (exact) mass is 334 g/mol. The molecule has 3 heterocycles. The Morgan fingerprint density at radius 1 is 1.05 bits per heavy atom. The SMILES string of the molecule is CCN(CC)C(=O)[CH2][Ge]12[O]CCN(CC[O]1)CC[O]2. The molecule has 7 heteroatoms. The van der Waals surface area contributed by atoms with E-state index in [1.165, 1.54) is 0 Å². The average Bonchev–Trinajstić information content (AvgIpc) is 2.32. The van der Waals surface area contributed by atoms with Crippen molar-refractivity contribution in [3.8, 4) is 0 Å². The van der Waals surface area contributed by atoms with Gasteiger partial charge in [0.15, 0.2) is 0 Å². The van der Waals surface area contributed by atoms with E-state index in [0.29, 0.717) is 25.1 Å². The molecule has 3 saturated heterocycles. The second-order valence-electron chi connectivity index (χ2n) is 4.81.